The van der Waals surface area contributed by atoms with Gasteiger partial charge in [0.05, 0.1) is 18.4 Å². The van der Waals surface area contributed by atoms with Gasteiger partial charge in [-0.25, -0.2) is 9.59 Å². The number of likely N-dealkylation sites (tertiary alicyclic amines) is 2. The Kier molecular flexibility index (Phi) is 16.8. The molecule has 0 aromatic heterocycles. The molecular weight excluding hydrogens is 547 g/mol. The van der Waals surface area contributed by atoms with Crippen LogP contribution in [0.15, 0.2) is 0 Å². The second kappa shape index (κ2) is 17.5. The predicted octanol–water partition coefficient (Wildman–Crippen LogP) is 0.741. The molecule has 3 N–H and O–H groups in total. The molecule has 3 aliphatic heterocycles. The molecule has 0 spiro atoms. The number of cyclic esters (lactones) is 1. The van der Waals surface area contributed by atoms with Gasteiger partial charge in [-0.1, -0.05) is 0 Å². The zero-order chi connectivity index (χ0) is 29.4. The zero-order valence-electron chi connectivity index (χ0n) is 25.9. The minimum atomic E-state index is -0.866. The van der Waals surface area contributed by atoms with Crippen molar-refractivity contribution in [1.29, 1.82) is 0 Å². The van der Waals surface area contributed by atoms with Crippen molar-refractivity contribution in [2.45, 2.75) is 91.3 Å². The van der Waals surface area contributed by atoms with Crippen LogP contribution in [0.5, 0.6) is 0 Å². The van der Waals surface area contributed by atoms with Crippen molar-refractivity contribution in [1.82, 2.24) is 9.80 Å². The smallest absolute Gasteiger partial charge is 0.870 e. The van der Waals surface area contributed by atoms with Crippen LogP contribution in [-0.4, -0.2) is 100 Å². The van der Waals surface area contributed by atoms with Crippen molar-refractivity contribution in [2.24, 2.45) is 23.7 Å². The second-order valence-electron chi connectivity index (χ2n) is 12.6. The van der Waals surface area contributed by atoms with Gasteiger partial charge in [-0.05, 0) is 91.9 Å². The number of hydrogen-bond donors (Lipinski definition) is 2. The topological polar surface area (TPSA) is 173 Å². The van der Waals surface area contributed by atoms with E-state index in [-0.39, 0.29) is 78.1 Å². The van der Waals surface area contributed by atoms with Crippen LogP contribution in [0.2, 0.25) is 0 Å². The largest absolute Gasteiger partial charge is 1.00 e. The second-order valence-corrected chi connectivity index (χ2v) is 12.6. The average Bonchev–Trinajstić information content (AvgIpc) is 3.26. The minimum Gasteiger partial charge on any atom is -0.870 e. The van der Waals surface area contributed by atoms with Gasteiger partial charge < -0.3 is 39.7 Å². The van der Waals surface area contributed by atoms with Gasteiger partial charge >= 0.3 is 53.7 Å². The fourth-order valence-electron chi connectivity index (χ4n) is 5.26. The number of piperidine rings is 2. The van der Waals surface area contributed by atoms with Crippen LogP contribution in [0.4, 0.5) is 9.59 Å². The van der Waals surface area contributed by atoms with Gasteiger partial charge in [-0.15, -0.1) is 0 Å². The Bertz CT molecular complexity index is 842. The van der Waals surface area contributed by atoms with E-state index in [1.54, 1.807) is 9.80 Å². The van der Waals surface area contributed by atoms with Gasteiger partial charge in [0.15, 0.2) is 0 Å². The van der Waals surface area contributed by atoms with E-state index in [9.17, 15) is 19.2 Å². The summed E-state index contributed by atoms with van der Waals surface area (Å²) < 4.78 is 15.7. The van der Waals surface area contributed by atoms with Gasteiger partial charge in [0.1, 0.15) is 11.2 Å². The van der Waals surface area contributed by atoms with E-state index in [0.717, 1.165) is 19.3 Å². The molecule has 3 saturated heterocycles. The van der Waals surface area contributed by atoms with Gasteiger partial charge in [0, 0.05) is 32.8 Å². The molecule has 0 aliphatic carbocycles. The minimum absolute atomic E-state index is 0. The van der Waals surface area contributed by atoms with E-state index in [1.165, 1.54) is 0 Å². The molecule has 3 aliphatic rings. The molecule has 3 fully saturated rings. The molecule has 2 unspecified atom stereocenters. The maximum absolute atomic E-state index is 11.9. The van der Waals surface area contributed by atoms with E-state index in [4.69, 9.17) is 24.4 Å². The van der Waals surface area contributed by atoms with Crippen molar-refractivity contribution >= 4 is 24.1 Å². The summed E-state index contributed by atoms with van der Waals surface area (Å²) in [6.07, 6.45) is 3.50. The Morgan fingerprint density at radius 1 is 0.878 bits per heavy atom. The summed E-state index contributed by atoms with van der Waals surface area (Å²) in [6, 6.07) is 0. The molecule has 2 atom stereocenters. The Labute approximate surface area is 266 Å². The molecule has 13 heteroatoms. The summed E-state index contributed by atoms with van der Waals surface area (Å²) >= 11 is 0. The summed E-state index contributed by atoms with van der Waals surface area (Å²) in [5.74, 6) is -1.04. The fraction of sp³-hybridized carbons (Fsp3) is 0.857. The SMILES string of the molecule is CC(C)(C)OC(=O)N1CCC(C(CCO)C(=O)O)CC1.CC(C)(C)OC(=O)N1CCC(C2CCOC2=O)CC1.[Na+].[OH-]. The summed E-state index contributed by atoms with van der Waals surface area (Å²) in [7, 11) is 0. The molecule has 3 heterocycles. The molecule has 2 amide bonds. The standard InChI is InChI=1S/C14H25NO5.C14H23NO4.Na.H2O/c1-14(2,3)20-13(19)15-7-4-10(5-8-15)11(6-9-16)12(17)18;1-14(2,3)19-13(17)15-7-4-10(5-8-15)11-6-9-18-12(11)16;;/h10-11,16H,4-9H2,1-3H3,(H,17,18);10-11H,4-9H2,1-3H3;;1H2/q;;+1;/p-1. The molecule has 0 saturated carbocycles. The number of amides is 2. The molecule has 0 radical (unpaired) electrons. The summed E-state index contributed by atoms with van der Waals surface area (Å²) in [4.78, 5) is 49.9. The Hall–Kier alpha value is -1.60. The number of aliphatic hydroxyl groups is 1. The molecule has 0 aromatic rings. The third-order valence-electron chi connectivity index (χ3n) is 7.25. The van der Waals surface area contributed by atoms with Crippen molar-refractivity contribution in [3.63, 3.8) is 0 Å². The number of aliphatic hydroxyl groups excluding tert-OH is 1. The Morgan fingerprint density at radius 2 is 1.32 bits per heavy atom. The van der Waals surface area contributed by atoms with Crippen LogP contribution >= 0.6 is 0 Å². The van der Waals surface area contributed by atoms with E-state index in [0.29, 0.717) is 51.5 Å². The number of esters is 1. The maximum Gasteiger partial charge on any atom is 1.00 e. The number of rotatable bonds is 5. The number of carboxylic acid groups (broad SMARTS) is 1. The Balaban J connectivity index is 0.000000745. The van der Waals surface area contributed by atoms with E-state index < -0.39 is 23.1 Å². The van der Waals surface area contributed by atoms with Gasteiger partial charge in [-0.2, -0.15) is 0 Å². The average molecular weight is 597 g/mol. The van der Waals surface area contributed by atoms with E-state index in [1.807, 2.05) is 41.5 Å². The quantitative estimate of drug-likeness (QED) is 0.262. The number of carboxylic acids is 1. The van der Waals surface area contributed by atoms with Gasteiger partial charge in [0.25, 0.3) is 0 Å². The van der Waals surface area contributed by atoms with Crippen LogP contribution in [0.25, 0.3) is 0 Å². The summed E-state index contributed by atoms with van der Waals surface area (Å²) in [6.45, 7) is 13.8. The number of hydrogen-bond acceptors (Lipinski definition) is 9. The molecule has 3 rings (SSSR count). The number of ether oxygens (including phenoxy) is 3. The number of aliphatic carboxylic acids is 1. The first-order valence-corrected chi connectivity index (χ1v) is 14.1. The van der Waals surface area contributed by atoms with Crippen molar-refractivity contribution in [3.05, 3.63) is 0 Å². The third-order valence-corrected chi connectivity index (χ3v) is 7.25. The molecule has 0 bridgehead atoms. The molecule has 41 heavy (non-hydrogen) atoms. The molecular formula is C28H49N2NaO10. The molecule has 0 aromatic carbocycles. The monoisotopic (exact) mass is 596 g/mol. The molecule has 12 nitrogen and oxygen atoms in total. The van der Waals surface area contributed by atoms with Crippen LogP contribution in [-0.2, 0) is 23.8 Å². The van der Waals surface area contributed by atoms with Crippen LogP contribution < -0.4 is 29.6 Å². The van der Waals surface area contributed by atoms with Crippen molar-refractivity contribution < 1.29 is 78.6 Å². The van der Waals surface area contributed by atoms with Crippen LogP contribution in [0.1, 0.15) is 80.1 Å². The first-order valence-electron chi connectivity index (χ1n) is 14.1. The number of carbonyl (C=O) groups excluding carboxylic acids is 3. The van der Waals surface area contributed by atoms with Crippen LogP contribution in [0, 0.1) is 23.7 Å². The zero-order valence-corrected chi connectivity index (χ0v) is 27.9. The first kappa shape index (κ1) is 39.4. The fourth-order valence-corrected chi connectivity index (χ4v) is 5.26. The van der Waals surface area contributed by atoms with Crippen molar-refractivity contribution in [3.8, 4) is 0 Å². The van der Waals surface area contributed by atoms with Crippen molar-refractivity contribution in [2.75, 3.05) is 39.4 Å². The summed E-state index contributed by atoms with van der Waals surface area (Å²) in [5, 5.41) is 18.1. The predicted molar refractivity (Wildman–Crippen MR) is 145 cm³/mol. The number of carbonyl (C=O) groups is 4. The van der Waals surface area contributed by atoms with Gasteiger partial charge in [-0.3, -0.25) is 9.59 Å². The van der Waals surface area contributed by atoms with E-state index in [2.05, 4.69) is 0 Å². The maximum atomic E-state index is 11.9. The van der Waals surface area contributed by atoms with E-state index >= 15 is 0 Å². The Morgan fingerprint density at radius 3 is 1.66 bits per heavy atom. The first-order chi connectivity index (χ1) is 18.1. The van der Waals surface area contributed by atoms with Crippen LogP contribution in [0.3, 0.4) is 0 Å². The summed E-state index contributed by atoms with van der Waals surface area (Å²) in [5.41, 5.74) is -0.975. The third kappa shape index (κ3) is 13.5. The normalized spacial score (nSPS) is 20.9. The van der Waals surface area contributed by atoms with Gasteiger partial charge in [0.2, 0.25) is 0 Å². The molecule has 232 valence electrons. The number of nitrogens with zero attached hydrogens (tertiary/aromatic N) is 2.